The van der Waals surface area contributed by atoms with Crippen LogP contribution in [-0.2, 0) is 4.74 Å². The fourth-order valence-electron chi connectivity index (χ4n) is 2.38. The lowest BCUT2D eigenvalue weighted by atomic mass is 10.1. The van der Waals surface area contributed by atoms with Crippen LogP contribution in [0, 0.1) is 0 Å². The number of anilines is 2. The molecule has 0 bridgehead atoms. The van der Waals surface area contributed by atoms with Crippen LogP contribution in [0.4, 0.5) is 11.8 Å². The summed E-state index contributed by atoms with van der Waals surface area (Å²) < 4.78 is 5.37. The highest BCUT2D eigenvalue weighted by Gasteiger charge is 2.22. The lowest BCUT2D eigenvalue weighted by Gasteiger charge is -2.32. The zero-order chi connectivity index (χ0) is 12.5. The average molecular weight is 248 g/mol. The number of nitrogens with one attached hydrogen (secondary N) is 1. The molecular weight excluding hydrogens is 232 g/mol. The second-order valence-electron chi connectivity index (χ2n) is 4.46. The Balaban J connectivity index is 1.92. The Morgan fingerprint density at radius 2 is 2.17 bits per heavy atom. The molecular formula is C11H16N6O. The van der Waals surface area contributed by atoms with E-state index in [4.69, 9.17) is 10.5 Å². The minimum Gasteiger partial charge on any atom is -0.381 e. The van der Waals surface area contributed by atoms with E-state index in [1.165, 1.54) is 0 Å². The highest BCUT2D eigenvalue weighted by atomic mass is 16.5. The molecule has 7 heteroatoms. The van der Waals surface area contributed by atoms with Crippen molar-refractivity contribution in [1.82, 2.24) is 20.2 Å². The Bertz CT molecular complexity index is 545. The standard InChI is InChI=1S/C11H16N6O/c1-18-7-2-4-17(5-3-7)10-8-6-13-16-9(8)14-11(12)15-10/h6-7H,2-5H2,1H3,(H3,12,13,14,15,16). The van der Waals surface area contributed by atoms with Crippen LogP contribution in [0.1, 0.15) is 12.8 Å². The van der Waals surface area contributed by atoms with Gasteiger partial charge in [0, 0.05) is 20.2 Å². The molecule has 0 aliphatic carbocycles. The van der Waals surface area contributed by atoms with E-state index in [9.17, 15) is 0 Å². The number of aromatic amines is 1. The van der Waals surface area contributed by atoms with Gasteiger partial charge >= 0.3 is 0 Å². The maximum Gasteiger partial charge on any atom is 0.224 e. The number of aromatic nitrogens is 4. The monoisotopic (exact) mass is 248 g/mol. The summed E-state index contributed by atoms with van der Waals surface area (Å²) in [5.74, 6) is 1.14. The molecule has 7 nitrogen and oxygen atoms in total. The van der Waals surface area contributed by atoms with Gasteiger partial charge in [-0.2, -0.15) is 15.1 Å². The fraction of sp³-hybridized carbons (Fsp3) is 0.545. The van der Waals surface area contributed by atoms with Crippen LogP contribution < -0.4 is 10.6 Å². The number of ether oxygens (including phenoxy) is 1. The Morgan fingerprint density at radius 1 is 1.39 bits per heavy atom. The third-order valence-electron chi connectivity index (χ3n) is 3.38. The SMILES string of the molecule is COC1CCN(c2nc(N)nc3[nH]ncc23)CC1. The summed E-state index contributed by atoms with van der Waals surface area (Å²) >= 11 is 0. The van der Waals surface area contributed by atoms with Crippen LogP contribution in [0.25, 0.3) is 11.0 Å². The van der Waals surface area contributed by atoms with Crippen molar-refractivity contribution in [2.45, 2.75) is 18.9 Å². The maximum absolute atomic E-state index is 5.72. The average Bonchev–Trinajstić information content (AvgIpc) is 2.86. The first-order valence-corrected chi connectivity index (χ1v) is 6.02. The molecule has 1 fully saturated rings. The van der Waals surface area contributed by atoms with E-state index < -0.39 is 0 Å². The third kappa shape index (κ3) is 1.86. The molecule has 18 heavy (non-hydrogen) atoms. The minimum absolute atomic E-state index is 0.274. The van der Waals surface area contributed by atoms with Crippen molar-refractivity contribution >= 4 is 22.8 Å². The molecule has 2 aromatic rings. The number of hydrogen-bond acceptors (Lipinski definition) is 6. The van der Waals surface area contributed by atoms with Gasteiger partial charge in [-0.25, -0.2) is 0 Å². The molecule has 3 N–H and O–H groups in total. The molecule has 0 unspecified atom stereocenters. The molecule has 0 radical (unpaired) electrons. The van der Waals surface area contributed by atoms with Gasteiger partial charge in [0.1, 0.15) is 5.82 Å². The Hall–Kier alpha value is -1.89. The van der Waals surface area contributed by atoms with Gasteiger partial charge in [-0.05, 0) is 12.8 Å². The topological polar surface area (TPSA) is 93.0 Å². The Kier molecular flexibility index (Phi) is 2.75. The van der Waals surface area contributed by atoms with Gasteiger partial charge in [0.2, 0.25) is 5.95 Å². The molecule has 0 aromatic carbocycles. The van der Waals surface area contributed by atoms with Crippen LogP contribution >= 0.6 is 0 Å². The van der Waals surface area contributed by atoms with E-state index in [1.54, 1.807) is 13.3 Å². The summed E-state index contributed by atoms with van der Waals surface area (Å²) in [5.41, 5.74) is 6.41. The number of hydrogen-bond donors (Lipinski definition) is 2. The molecule has 0 amide bonds. The number of nitrogen functional groups attached to an aromatic ring is 1. The van der Waals surface area contributed by atoms with Crippen LogP contribution in [0.5, 0.6) is 0 Å². The molecule has 96 valence electrons. The number of methoxy groups -OCH3 is 1. The van der Waals surface area contributed by atoms with Crippen molar-refractivity contribution in [2.75, 3.05) is 30.8 Å². The summed E-state index contributed by atoms with van der Waals surface area (Å²) in [7, 11) is 1.76. The zero-order valence-corrected chi connectivity index (χ0v) is 10.3. The summed E-state index contributed by atoms with van der Waals surface area (Å²) in [6, 6.07) is 0. The highest BCUT2D eigenvalue weighted by Crippen LogP contribution is 2.26. The van der Waals surface area contributed by atoms with E-state index in [2.05, 4.69) is 25.1 Å². The second kappa shape index (κ2) is 4.41. The zero-order valence-electron chi connectivity index (χ0n) is 10.3. The molecule has 1 aliphatic rings. The first-order valence-electron chi connectivity index (χ1n) is 6.02. The lowest BCUT2D eigenvalue weighted by Crippen LogP contribution is -2.37. The predicted octanol–water partition coefficient (Wildman–Crippen LogP) is 0.550. The van der Waals surface area contributed by atoms with Gasteiger partial charge in [-0.3, -0.25) is 5.10 Å². The maximum atomic E-state index is 5.72. The molecule has 3 rings (SSSR count). The third-order valence-corrected chi connectivity index (χ3v) is 3.38. The summed E-state index contributed by atoms with van der Waals surface area (Å²) in [4.78, 5) is 10.7. The van der Waals surface area contributed by atoms with Crippen LogP contribution in [0.2, 0.25) is 0 Å². The molecule has 0 atom stereocenters. The first kappa shape index (κ1) is 11.2. The molecule has 1 saturated heterocycles. The lowest BCUT2D eigenvalue weighted by molar-refractivity contribution is 0.0818. The van der Waals surface area contributed by atoms with Crippen molar-refractivity contribution < 1.29 is 4.74 Å². The first-order chi connectivity index (χ1) is 8.78. The summed E-state index contributed by atoms with van der Waals surface area (Å²) in [6.45, 7) is 1.82. The Labute approximate surface area is 104 Å². The van der Waals surface area contributed by atoms with Gasteiger partial charge in [0.05, 0.1) is 17.7 Å². The number of nitrogens with zero attached hydrogens (tertiary/aromatic N) is 4. The number of piperidine rings is 1. The van der Waals surface area contributed by atoms with Crippen molar-refractivity contribution in [1.29, 1.82) is 0 Å². The largest absolute Gasteiger partial charge is 0.381 e. The van der Waals surface area contributed by atoms with Gasteiger partial charge in [0.15, 0.2) is 5.65 Å². The summed E-state index contributed by atoms with van der Waals surface area (Å²) in [6.07, 6.45) is 4.09. The van der Waals surface area contributed by atoms with Gasteiger partial charge in [-0.1, -0.05) is 0 Å². The smallest absolute Gasteiger partial charge is 0.224 e. The Morgan fingerprint density at radius 3 is 2.89 bits per heavy atom. The highest BCUT2D eigenvalue weighted by molar-refractivity contribution is 5.87. The van der Waals surface area contributed by atoms with Crippen molar-refractivity contribution in [3.63, 3.8) is 0 Å². The molecule has 1 aliphatic heterocycles. The van der Waals surface area contributed by atoms with E-state index >= 15 is 0 Å². The minimum atomic E-state index is 0.274. The van der Waals surface area contributed by atoms with E-state index in [-0.39, 0.29) is 5.95 Å². The molecule has 0 saturated carbocycles. The number of rotatable bonds is 2. The fourth-order valence-corrected chi connectivity index (χ4v) is 2.38. The molecule has 3 heterocycles. The summed E-state index contributed by atoms with van der Waals surface area (Å²) in [5, 5.41) is 7.74. The quantitative estimate of drug-likeness (QED) is 0.806. The van der Waals surface area contributed by atoms with E-state index in [1.807, 2.05) is 0 Å². The molecule has 0 spiro atoms. The van der Waals surface area contributed by atoms with Crippen LogP contribution in [0.15, 0.2) is 6.20 Å². The van der Waals surface area contributed by atoms with E-state index in [0.29, 0.717) is 11.8 Å². The van der Waals surface area contributed by atoms with Crippen molar-refractivity contribution in [2.24, 2.45) is 0 Å². The second-order valence-corrected chi connectivity index (χ2v) is 4.46. The number of H-pyrrole nitrogens is 1. The number of nitrogens with two attached hydrogens (primary N) is 1. The van der Waals surface area contributed by atoms with Crippen molar-refractivity contribution in [3.8, 4) is 0 Å². The normalized spacial score (nSPS) is 17.5. The van der Waals surface area contributed by atoms with E-state index in [0.717, 1.165) is 37.1 Å². The van der Waals surface area contributed by atoms with Gasteiger partial charge < -0.3 is 15.4 Å². The van der Waals surface area contributed by atoms with Crippen LogP contribution in [-0.4, -0.2) is 46.5 Å². The van der Waals surface area contributed by atoms with Crippen molar-refractivity contribution in [3.05, 3.63) is 6.20 Å². The predicted molar refractivity (Wildman–Crippen MR) is 68.3 cm³/mol. The number of fused-ring (bicyclic) bond motifs is 1. The van der Waals surface area contributed by atoms with Gasteiger partial charge in [0.25, 0.3) is 0 Å². The molecule has 2 aromatic heterocycles. The van der Waals surface area contributed by atoms with Gasteiger partial charge in [-0.15, -0.1) is 0 Å². The van der Waals surface area contributed by atoms with Crippen LogP contribution in [0.3, 0.4) is 0 Å².